The van der Waals surface area contributed by atoms with Crippen molar-refractivity contribution < 1.29 is 9.90 Å². The summed E-state index contributed by atoms with van der Waals surface area (Å²) in [6.07, 6.45) is 0.815. The second-order valence-electron chi connectivity index (χ2n) is 3.84. The molecule has 0 heterocycles. The Balaban J connectivity index is 3.93. The molecule has 4 heteroatoms. The summed E-state index contributed by atoms with van der Waals surface area (Å²) in [5, 5.41) is 14.8. The molecule has 84 valence electrons. The topological polar surface area (TPSA) is 61.4 Å². The molecule has 0 aliphatic rings. The number of carbonyl (C=O) groups excluding carboxylic acids is 1. The second kappa shape index (κ2) is 6.79. The van der Waals surface area contributed by atoms with Gasteiger partial charge in [-0.1, -0.05) is 6.92 Å². The summed E-state index contributed by atoms with van der Waals surface area (Å²) < 4.78 is 0. The average Bonchev–Trinajstić information content (AvgIpc) is 2.12. The monoisotopic (exact) mass is 202 g/mol. The van der Waals surface area contributed by atoms with E-state index >= 15 is 0 Å². The van der Waals surface area contributed by atoms with Crippen molar-refractivity contribution in [3.63, 3.8) is 0 Å². The Hall–Kier alpha value is -0.610. The quantitative estimate of drug-likeness (QED) is 0.579. The molecule has 2 unspecified atom stereocenters. The van der Waals surface area contributed by atoms with Crippen LogP contribution in [0.2, 0.25) is 0 Å². The van der Waals surface area contributed by atoms with Gasteiger partial charge in [0.25, 0.3) is 0 Å². The van der Waals surface area contributed by atoms with Crippen molar-refractivity contribution in [3.8, 4) is 0 Å². The Bertz CT molecular complexity index is 168. The van der Waals surface area contributed by atoms with Gasteiger partial charge < -0.3 is 15.7 Å². The van der Waals surface area contributed by atoms with Crippen LogP contribution in [-0.4, -0.2) is 35.7 Å². The minimum Gasteiger partial charge on any atom is -0.395 e. The zero-order chi connectivity index (χ0) is 11.1. The molecule has 0 spiro atoms. The van der Waals surface area contributed by atoms with Crippen molar-refractivity contribution in [2.24, 2.45) is 0 Å². The van der Waals surface area contributed by atoms with E-state index in [9.17, 15) is 4.79 Å². The Morgan fingerprint density at radius 2 is 1.93 bits per heavy atom. The maximum Gasteiger partial charge on any atom is 0.237 e. The molecule has 0 bridgehead atoms. The first-order chi connectivity index (χ1) is 6.51. The van der Waals surface area contributed by atoms with Crippen LogP contribution >= 0.6 is 0 Å². The molecule has 0 aromatic rings. The summed E-state index contributed by atoms with van der Waals surface area (Å²) in [7, 11) is 0. The summed E-state index contributed by atoms with van der Waals surface area (Å²) in [5.74, 6) is -0.0214. The smallest absolute Gasteiger partial charge is 0.237 e. The molecule has 4 nitrogen and oxygen atoms in total. The highest BCUT2D eigenvalue weighted by Crippen LogP contribution is 1.93. The van der Waals surface area contributed by atoms with Gasteiger partial charge in [0.2, 0.25) is 5.91 Å². The third-order valence-corrected chi connectivity index (χ3v) is 2.02. The lowest BCUT2D eigenvalue weighted by atomic mass is 10.2. The highest BCUT2D eigenvalue weighted by atomic mass is 16.3. The minimum atomic E-state index is -0.255. The molecule has 0 aromatic carbocycles. The predicted molar refractivity (Wildman–Crippen MR) is 57.0 cm³/mol. The van der Waals surface area contributed by atoms with Gasteiger partial charge in [-0.2, -0.15) is 0 Å². The van der Waals surface area contributed by atoms with Gasteiger partial charge in [0.1, 0.15) is 0 Å². The second-order valence-corrected chi connectivity index (χ2v) is 3.84. The Labute approximate surface area is 86.1 Å². The molecule has 14 heavy (non-hydrogen) atoms. The van der Waals surface area contributed by atoms with Gasteiger partial charge in [0.05, 0.1) is 12.6 Å². The molecular weight excluding hydrogens is 180 g/mol. The van der Waals surface area contributed by atoms with Gasteiger partial charge >= 0.3 is 0 Å². The Morgan fingerprint density at radius 1 is 1.36 bits per heavy atom. The van der Waals surface area contributed by atoms with Crippen LogP contribution in [0.25, 0.3) is 0 Å². The first-order valence-electron chi connectivity index (χ1n) is 5.18. The molecule has 0 rings (SSSR count). The molecule has 3 N–H and O–H groups in total. The number of nitrogens with one attached hydrogen (secondary N) is 2. The largest absolute Gasteiger partial charge is 0.395 e. The fraction of sp³-hybridized carbons (Fsp3) is 0.900. The van der Waals surface area contributed by atoms with Crippen LogP contribution in [-0.2, 0) is 4.79 Å². The van der Waals surface area contributed by atoms with Gasteiger partial charge in [-0.05, 0) is 27.2 Å². The summed E-state index contributed by atoms with van der Waals surface area (Å²) in [6.45, 7) is 7.69. The summed E-state index contributed by atoms with van der Waals surface area (Å²) in [6, 6.07) is -0.0987. The molecule has 0 saturated carbocycles. The lowest BCUT2D eigenvalue weighted by Gasteiger charge is -2.20. The van der Waals surface area contributed by atoms with Gasteiger partial charge in [-0.25, -0.2) is 0 Å². The van der Waals surface area contributed by atoms with Crippen molar-refractivity contribution in [2.45, 2.75) is 52.2 Å². The van der Waals surface area contributed by atoms with E-state index in [0.717, 1.165) is 6.42 Å². The van der Waals surface area contributed by atoms with E-state index in [4.69, 9.17) is 5.11 Å². The molecule has 0 aromatic heterocycles. The van der Waals surface area contributed by atoms with Crippen LogP contribution < -0.4 is 10.6 Å². The van der Waals surface area contributed by atoms with Crippen molar-refractivity contribution in [3.05, 3.63) is 0 Å². The first-order valence-corrected chi connectivity index (χ1v) is 5.18. The van der Waals surface area contributed by atoms with E-state index in [0.29, 0.717) is 0 Å². The number of hydrogen-bond acceptors (Lipinski definition) is 3. The average molecular weight is 202 g/mol. The predicted octanol–water partition coefficient (Wildman–Crippen LogP) is 0.260. The lowest BCUT2D eigenvalue weighted by Crippen LogP contribution is -2.49. The van der Waals surface area contributed by atoms with Gasteiger partial charge in [0, 0.05) is 12.1 Å². The molecule has 0 saturated heterocycles. The number of rotatable bonds is 6. The number of hydrogen-bond donors (Lipinski definition) is 3. The van der Waals surface area contributed by atoms with Crippen LogP contribution in [0.3, 0.4) is 0 Å². The van der Waals surface area contributed by atoms with Crippen molar-refractivity contribution >= 4 is 5.91 Å². The maximum absolute atomic E-state index is 11.5. The highest BCUT2D eigenvalue weighted by molar-refractivity contribution is 5.81. The van der Waals surface area contributed by atoms with Crippen LogP contribution in [0, 0.1) is 0 Å². The van der Waals surface area contributed by atoms with Crippen LogP contribution in [0.4, 0.5) is 0 Å². The standard InChI is InChI=1S/C10H22N2O2/c1-5-9(6-13)12-8(4)10(14)11-7(2)3/h7-9,12-13H,5-6H2,1-4H3,(H,11,14). The molecular formula is C10H22N2O2. The SMILES string of the molecule is CCC(CO)NC(C)C(=O)NC(C)C. The Kier molecular flexibility index (Phi) is 6.49. The van der Waals surface area contributed by atoms with E-state index in [1.165, 1.54) is 0 Å². The van der Waals surface area contributed by atoms with E-state index in [1.54, 1.807) is 6.92 Å². The van der Waals surface area contributed by atoms with Crippen molar-refractivity contribution in [2.75, 3.05) is 6.61 Å². The van der Waals surface area contributed by atoms with Gasteiger partial charge in [-0.15, -0.1) is 0 Å². The maximum atomic E-state index is 11.5. The highest BCUT2D eigenvalue weighted by Gasteiger charge is 2.16. The normalized spacial score (nSPS) is 15.3. The van der Waals surface area contributed by atoms with Crippen molar-refractivity contribution in [1.82, 2.24) is 10.6 Å². The summed E-state index contributed by atoms with van der Waals surface area (Å²) in [4.78, 5) is 11.5. The molecule has 2 atom stereocenters. The van der Waals surface area contributed by atoms with E-state index in [-0.39, 0.29) is 30.6 Å². The summed E-state index contributed by atoms with van der Waals surface area (Å²) >= 11 is 0. The third kappa shape index (κ3) is 5.19. The van der Waals surface area contributed by atoms with Gasteiger partial charge in [-0.3, -0.25) is 4.79 Å². The van der Waals surface area contributed by atoms with Crippen molar-refractivity contribution in [1.29, 1.82) is 0 Å². The summed E-state index contributed by atoms with van der Waals surface area (Å²) in [5.41, 5.74) is 0. The fourth-order valence-electron chi connectivity index (χ4n) is 1.14. The molecule has 0 radical (unpaired) electrons. The Morgan fingerprint density at radius 3 is 2.29 bits per heavy atom. The fourth-order valence-corrected chi connectivity index (χ4v) is 1.14. The number of aliphatic hydroxyl groups excluding tert-OH is 1. The molecule has 0 aliphatic carbocycles. The van der Waals surface area contributed by atoms with Crippen LogP contribution in [0.5, 0.6) is 0 Å². The number of aliphatic hydroxyl groups is 1. The number of amides is 1. The van der Waals surface area contributed by atoms with Gasteiger partial charge in [0.15, 0.2) is 0 Å². The van der Waals surface area contributed by atoms with E-state index < -0.39 is 0 Å². The van der Waals surface area contributed by atoms with E-state index in [2.05, 4.69) is 10.6 Å². The van der Waals surface area contributed by atoms with E-state index in [1.807, 2.05) is 20.8 Å². The lowest BCUT2D eigenvalue weighted by molar-refractivity contribution is -0.123. The zero-order valence-electron chi connectivity index (χ0n) is 9.50. The molecule has 0 fully saturated rings. The molecule has 0 aliphatic heterocycles. The first kappa shape index (κ1) is 13.4. The number of carbonyl (C=O) groups is 1. The minimum absolute atomic E-state index is 0.00270. The van der Waals surface area contributed by atoms with Crippen LogP contribution in [0.15, 0.2) is 0 Å². The zero-order valence-corrected chi connectivity index (χ0v) is 9.50. The third-order valence-electron chi connectivity index (χ3n) is 2.02. The van der Waals surface area contributed by atoms with Crippen LogP contribution in [0.1, 0.15) is 34.1 Å². The molecule has 1 amide bonds.